The summed E-state index contributed by atoms with van der Waals surface area (Å²) in [5.74, 6) is -0.0362. The lowest BCUT2D eigenvalue weighted by Crippen LogP contribution is -2.29. The number of nitrogens with zero attached hydrogens (tertiary/aromatic N) is 2. The Morgan fingerprint density at radius 1 is 1.16 bits per heavy atom. The summed E-state index contributed by atoms with van der Waals surface area (Å²) >= 11 is 1.52. The minimum atomic E-state index is -0.924. The van der Waals surface area contributed by atoms with Crippen LogP contribution in [0.25, 0.3) is 10.8 Å². The van der Waals surface area contributed by atoms with Crippen LogP contribution in [-0.2, 0) is 11.2 Å². The number of nitrogens with one attached hydrogen (secondary N) is 1. The average molecular weight is 446 g/mol. The van der Waals surface area contributed by atoms with Gasteiger partial charge in [-0.25, -0.2) is 9.78 Å². The lowest BCUT2D eigenvalue weighted by molar-refractivity contribution is -0.140. The first-order valence-corrected chi connectivity index (χ1v) is 11.7. The summed E-state index contributed by atoms with van der Waals surface area (Å²) in [5, 5.41) is 12.8. The lowest BCUT2D eigenvalue weighted by Gasteiger charge is -2.17. The molecule has 0 spiro atoms. The molecular formula is C25H23N3O3S. The number of aliphatic carboxylic acids is 1. The van der Waals surface area contributed by atoms with Crippen molar-refractivity contribution < 1.29 is 9.90 Å². The zero-order valence-electron chi connectivity index (χ0n) is 17.4. The maximum atomic E-state index is 12.8. The number of carbonyl (C=O) groups is 1. The average Bonchev–Trinajstić information content (AvgIpc) is 3.26. The molecule has 0 saturated heterocycles. The first kappa shape index (κ1) is 20.6. The van der Waals surface area contributed by atoms with E-state index in [0.29, 0.717) is 18.1 Å². The Morgan fingerprint density at radius 3 is 2.66 bits per heavy atom. The van der Waals surface area contributed by atoms with E-state index >= 15 is 0 Å². The molecule has 32 heavy (non-hydrogen) atoms. The number of carboxylic acids is 1. The quantitative estimate of drug-likeness (QED) is 0.479. The highest BCUT2D eigenvalue weighted by molar-refractivity contribution is 7.99. The maximum Gasteiger partial charge on any atom is 0.327 e. The van der Waals surface area contributed by atoms with Gasteiger partial charge < -0.3 is 10.1 Å². The van der Waals surface area contributed by atoms with Crippen LogP contribution < -0.4 is 5.56 Å². The van der Waals surface area contributed by atoms with E-state index in [1.54, 1.807) is 24.8 Å². The van der Waals surface area contributed by atoms with Crippen LogP contribution in [0.1, 0.15) is 41.5 Å². The summed E-state index contributed by atoms with van der Waals surface area (Å²) in [6, 6.07) is 15.5. The minimum Gasteiger partial charge on any atom is -0.480 e. The largest absolute Gasteiger partial charge is 0.480 e. The summed E-state index contributed by atoms with van der Waals surface area (Å²) in [4.78, 5) is 30.8. The van der Waals surface area contributed by atoms with Gasteiger partial charge in [0, 0.05) is 24.2 Å². The fraction of sp³-hybridized carbons (Fsp3) is 0.240. The number of H-pyrrole nitrogens is 1. The third-order valence-corrected chi connectivity index (χ3v) is 7.13. The Hall–Kier alpha value is -3.32. The monoisotopic (exact) mass is 445 g/mol. The third kappa shape index (κ3) is 3.96. The number of aromatic amines is 1. The smallest absolute Gasteiger partial charge is 0.327 e. The molecule has 162 valence electrons. The molecule has 0 radical (unpaired) electrons. The number of rotatable bonds is 4. The molecule has 1 atom stereocenters. The zero-order chi connectivity index (χ0) is 22.1. The van der Waals surface area contributed by atoms with Gasteiger partial charge in [-0.2, -0.15) is 0 Å². The van der Waals surface area contributed by atoms with Gasteiger partial charge in [0.25, 0.3) is 5.56 Å². The van der Waals surface area contributed by atoms with E-state index in [-0.39, 0.29) is 5.56 Å². The molecule has 2 aromatic carbocycles. The molecule has 1 fully saturated rings. The van der Waals surface area contributed by atoms with E-state index in [0.717, 1.165) is 23.4 Å². The molecule has 2 aliphatic rings. The summed E-state index contributed by atoms with van der Waals surface area (Å²) in [6.07, 6.45) is 8.02. The van der Waals surface area contributed by atoms with Gasteiger partial charge in [0.2, 0.25) is 0 Å². The number of fused-ring (bicyclic) bond motifs is 2. The molecule has 4 aromatic rings. The van der Waals surface area contributed by atoms with Crippen molar-refractivity contribution >= 4 is 28.5 Å². The Balaban J connectivity index is 0.000000383. The minimum absolute atomic E-state index is 0.193. The van der Waals surface area contributed by atoms with Crippen LogP contribution in [0.5, 0.6) is 0 Å². The summed E-state index contributed by atoms with van der Waals surface area (Å²) < 4.78 is 1.51. The number of aromatic nitrogens is 3. The third-order valence-electron chi connectivity index (χ3n) is 5.96. The van der Waals surface area contributed by atoms with Crippen LogP contribution in [0.3, 0.4) is 0 Å². The number of hydrogen-bond donors (Lipinski definition) is 2. The van der Waals surface area contributed by atoms with Gasteiger partial charge in [-0.15, -0.1) is 11.8 Å². The van der Waals surface area contributed by atoms with Crippen molar-refractivity contribution in [2.75, 3.05) is 5.75 Å². The highest BCUT2D eigenvalue weighted by Crippen LogP contribution is 2.48. The van der Waals surface area contributed by atoms with Gasteiger partial charge in [-0.3, -0.25) is 9.36 Å². The molecule has 6 nitrogen and oxygen atoms in total. The first-order valence-electron chi connectivity index (χ1n) is 10.7. The van der Waals surface area contributed by atoms with Gasteiger partial charge in [0.15, 0.2) is 0 Å². The van der Waals surface area contributed by atoms with Crippen LogP contribution >= 0.6 is 11.8 Å². The highest BCUT2D eigenvalue weighted by atomic mass is 32.2. The van der Waals surface area contributed by atoms with Crippen molar-refractivity contribution in [2.45, 2.75) is 36.2 Å². The van der Waals surface area contributed by atoms with E-state index in [1.807, 2.05) is 12.1 Å². The Kier molecular flexibility index (Phi) is 5.57. The van der Waals surface area contributed by atoms with Crippen molar-refractivity contribution in [3.63, 3.8) is 0 Å². The van der Waals surface area contributed by atoms with E-state index in [1.165, 1.54) is 38.2 Å². The molecule has 2 aromatic heterocycles. The number of hydrogen-bond acceptors (Lipinski definition) is 4. The zero-order valence-corrected chi connectivity index (χ0v) is 18.2. The van der Waals surface area contributed by atoms with Crippen LogP contribution in [0, 0.1) is 0 Å². The second kappa shape index (κ2) is 8.67. The summed E-state index contributed by atoms with van der Waals surface area (Å²) in [5.41, 5.74) is 3.28. The SMILES string of the molecule is O=C(O)C1CSc2c(C3CC3)c(Cc3cccc4ccccc34)cc(=O)n21.c1c[nH]cn1. The van der Waals surface area contributed by atoms with E-state index in [2.05, 4.69) is 40.3 Å². The Labute approximate surface area is 189 Å². The number of carboxylic acid groups (broad SMARTS) is 1. The molecule has 6 rings (SSSR count). The van der Waals surface area contributed by atoms with Crippen LogP contribution in [0.15, 0.2) is 77.1 Å². The molecule has 3 heterocycles. The van der Waals surface area contributed by atoms with Crippen molar-refractivity contribution in [2.24, 2.45) is 0 Å². The molecule has 1 unspecified atom stereocenters. The van der Waals surface area contributed by atoms with E-state index < -0.39 is 12.0 Å². The molecule has 7 heteroatoms. The molecule has 2 N–H and O–H groups in total. The van der Waals surface area contributed by atoms with Gasteiger partial charge in [-0.05, 0) is 52.6 Å². The predicted octanol–water partition coefficient (Wildman–Crippen LogP) is 4.61. The van der Waals surface area contributed by atoms with Gasteiger partial charge in [0.05, 0.1) is 11.4 Å². The van der Waals surface area contributed by atoms with Crippen molar-refractivity contribution in [3.8, 4) is 0 Å². The standard InChI is InChI=1S/C22H19NO3S.C3H4N2/c24-19-11-16(10-15-6-3-5-13-4-1-2-7-17(13)15)20(14-8-9-14)21-23(19)18(12-27-21)22(25)26;1-2-5-3-4-1/h1-7,11,14,18H,8-10,12H2,(H,25,26);1-3H,(H,4,5). The topological polar surface area (TPSA) is 88.0 Å². The number of benzene rings is 2. The normalized spacial score (nSPS) is 16.9. The fourth-order valence-electron chi connectivity index (χ4n) is 4.34. The van der Waals surface area contributed by atoms with Crippen LogP contribution in [0.4, 0.5) is 0 Å². The number of imidazole rings is 1. The second-order valence-electron chi connectivity index (χ2n) is 8.11. The molecule has 1 aliphatic carbocycles. The Bertz CT molecular complexity index is 1300. The molecule has 1 saturated carbocycles. The Morgan fingerprint density at radius 2 is 1.97 bits per heavy atom. The fourth-order valence-corrected chi connectivity index (χ4v) is 5.76. The van der Waals surface area contributed by atoms with Gasteiger partial charge >= 0.3 is 5.97 Å². The van der Waals surface area contributed by atoms with Crippen molar-refractivity contribution in [1.29, 1.82) is 0 Å². The van der Waals surface area contributed by atoms with Crippen molar-refractivity contribution in [3.05, 3.63) is 94.3 Å². The molecular weight excluding hydrogens is 422 g/mol. The number of thioether (sulfide) groups is 1. The van der Waals surface area contributed by atoms with Gasteiger partial charge in [-0.1, -0.05) is 42.5 Å². The van der Waals surface area contributed by atoms with E-state index in [9.17, 15) is 14.7 Å². The van der Waals surface area contributed by atoms with Crippen LogP contribution in [-0.4, -0.2) is 31.4 Å². The maximum absolute atomic E-state index is 12.8. The predicted molar refractivity (Wildman–Crippen MR) is 125 cm³/mol. The molecule has 1 aliphatic heterocycles. The summed E-state index contributed by atoms with van der Waals surface area (Å²) in [6.45, 7) is 0. The first-order chi connectivity index (χ1) is 15.6. The molecule has 0 bridgehead atoms. The van der Waals surface area contributed by atoms with Crippen molar-refractivity contribution in [1.82, 2.24) is 14.5 Å². The lowest BCUT2D eigenvalue weighted by atomic mass is 9.95. The van der Waals surface area contributed by atoms with Gasteiger partial charge in [0.1, 0.15) is 6.04 Å². The summed E-state index contributed by atoms with van der Waals surface area (Å²) in [7, 11) is 0. The second-order valence-corrected chi connectivity index (χ2v) is 9.12. The molecule has 0 amide bonds. The highest BCUT2D eigenvalue weighted by Gasteiger charge is 2.37. The van der Waals surface area contributed by atoms with E-state index in [4.69, 9.17) is 0 Å². The van der Waals surface area contributed by atoms with Crippen LogP contribution in [0.2, 0.25) is 0 Å². The number of pyridine rings is 1.